The number of hydrogen-bond acceptors (Lipinski definition) is 4. The zero-order valence-corrected chi connectivity index (χ0v) is 17.2. The van der Waals surface area contributed by atoms with Crippen molar-refractivity contribution in [2.75, 3.05) is 23.3 Å². The maximum atomic E-state index is 14.5. The number of rotatable bonds is 2. The van der Waals surface area contributed by atoms with Gasteiger partial charge in [0.05, 0.1) is 11.4 Å². The smallest absolute Gasteiger partial charge is 0.314 e. The topological polar surface area (TPSA) is 74.6 Å². The van der Waals surface area contributed by atoms with Crippen LogP contribution in [-0.2, 0) is 6.42 Å². The first-order valence-electron chi connectivity index (χ1n) is 10.4. The van der Waals surface area contributed by atoms with Crippen LogP contribution in [0.4, 0.5) is 20.7 Å². The molecule has 2 aliphatic heterocycles. The molecule has 5 rings (SSSR count). The van der Waals surface area contributed by atoms with E-state index >= 15 is 0 Å². The predicted octanol–water partition coefficient (Wildman–Crippen LogP) is 3.63. The number of hydrogen-bond donors (Lipinski definition) is 2. The Morgan fingerprint density at radius 2 is 2.23 bits per heavy atom. The Balaban J connectivity index is 1.40. The number of nitrogens with one attached hydrogen (secondary N) is 2. The summed E-state index contributed by atoms with van der Waals surface area (Å²) in [4.78, 5) is 23.3. The van der Waals surface area contributed by atoms with Crippen molar-refractivity contribution in [2.45, 2.75) is 45.1 Å². The highest BCUT2D eigenvalue weighted by Crippen LogP contribution is 2.37. The summed E-state index contributed by atoms with van der Waals surface area (Å²) in [7, 11) is 0. The van der Waals surface area contributed by atoms with E-state index in [1.807, 2.05) is 6.92 Å². The molecule has 7 nitrogen and oxygen atoms in total. The number of urea groups is 1. The van der Waals surface area contributed by atoms with Gasteiger partial charge in [-0.2, -0.15) is 0 Å². The maximum absolute atomic E-state index is 14.5. The molecule has 156 valence electrons. The molecule has 2 atom stereocenters. The third-order valence-electron chi connectivity index (χ3n) is 6.12. The molecule has 2 N–H and O–H groups in total. The summed E-state index contributed by atoms with van der Waals surface area (Å²) in [6.45, 7) is 5.60. The Labute approximate surface area is 174 Å². The molecule has 2 aliphatic rings. The number of carbonyl (C=O) groups is 1. The normalized spacial score (nSPS) is 21.1. The Kier molecular flexibility index (Phi) is 4.66. The number of amides is 2. The lowest BCUT2D eigenvalue weighted by Gasteiger charge is -2.29. The lowest BCUT2D eigenvalue weighted by Crippen LogP contribution is -2.35. The standard InChI is InChI=1S/C22H25FN6O/c1-13-9-15(3-6-24-13)16-4-7-25-21-17(16)5-8-29(21)22(30)27-19-12-28-11-14(2)26-20(28)10-18(19)23/h4,7,10-13,15,24H,3,5-6,8-9H2,1-2H3,(H,27,30)/t13-,15?/m0/s1. The third kappa shape index (κ3) is 3.31. The van der Waals surface area contributed by atoms with E-state index in [2.05, 4.69) is 33.6 Å². The van der Waals surface area contributed by atoms with E-state index < -0.39 is 5.82 Å². The van der Waals surface area contributed by atoms with Crippen LogP contribution in [0.3, 0.4) is 0 Å². The average molecular weight is 408 g/mol. The second-order valence-electron chi connectivity index (χ2n) is 8.29. The number of piperidine rings is 1. The monoisotopic (exact) mass is 408 g/mol. The number of pyridine rings is 2. The highest BCUT2D eigenvalue weighted by molar-refractivity contribution is 6.02. The number of imidazole rings is 1. The number of aromatic nitrogens is 3. The Morgan fingerprint density at radius 1 is 1.37 bits per heavy atom. The van der Waals surface area contributed by atoms with E-state index in [0.717, 1.165) is 37.1 Å². The SMILES string of the molecule is Cc1cn2cc(NC(=O)N3CCc4c(C5CCN[C@@H](C)C5)ccnc43)c(F)cc2n1. The summed E-state index contributed by atoms with van der Waals surface area (Å²) in [5.41, 5.74) is 3.87. The fourth-order valence-corrected chi connectivity index (χ4v) is 4.72. The summed E-state index contributed by atoms with van der Waals surface area (Å²) in [5, 5.41) is 6.20. The van der Waals surface area contributed by atoms with Crippen LogP contribution in [0.5, 0.6) is 0 Å². The molecule has 0 aromatic carbocycles. The van der Waals surface area contributed by atoms with E-state index in [0.29, 0.717) is 30.0 Å². The minimum Gasteiger partial charge on any atom is -0.314 e. The quantitative estimate of drug-likeness (QED) is 0.679. The van der Waals surface area contributed by atoms with Crippen molar-refractivity contribution in [1.29, 1.82) is 0 Å². The fourth-order valence-electron chi connectivity index (χ4n) is 4.72. The van der Waals surface area contributed by atoms with Gasteiger partial charge in [-0.1, -0.05) is 0 Å². The van der Waals surface area contributed by atoms with Gasteiger partial charge in [-0.3, -0.25) is 4.90 Å². The number of anilines is 2. The van der Waals surface area contributed by atoms with Crippen molar-refractivity contribution in [2.24, 2.45) is 0 Å². The zero-order chi connectivity index (χ0) is 20.8. The Bertz CT molecular complexity index is 1130. The summed E-state index contributed by atoms with van der Waals surface area (Å²) >= 11 is 0. The van der Waals surface area contributed by atoms with Crippen LogP contribution in [0.15, 0.2) is 30.7 Å². The third-order valence-corrected chi connectivity index (χ3v) is 6.12. The number of aryl methyl sites for hydroxylation is 1. The van der Waals surface area contributed by atoms with Crippen molar-refractivity contribution in [3.05, 3.63) is 53.4 Å². The molecule has 2 amide bonds. The van der Waals surface area contributed by atoms with E-state index in [4.69, 9.17) is 0 Å². The van der Waals surface area contributed by atoms with Crippen LogP contribution in [-0.4, -0.2) is 39.5 Å². The van der Waals surface area contributed by atoms with Gasteiger partial charge in [0.15, 0.2) is 5.82 Å². The minimum atomic E-state index is -0.508. The fraction of sp³-hybridized carbons (Fsp3) is 0.409. The first-order chi connectivity index (χ1) is 14.5. The van der Waals surface area contributed by atoms with Gasteiger partial charge in [-0.15, -0.1) is 0 Å². The van der Waals surface area contributed by atoms with Gasteiger partial charge in [0.25, 0.3) is 0 Å². The van der Waals surface area contributed by atoms with Crippen LogP contribution >= 0.6 is 0 Å². The molecule has 0 aliphatic carbocycles. The maximum Gasteiger partial charge on any atom is 0.327 e. The van der Waals surface area contributed by atoms with E-state index in [1.165, 1.54) is 11.6 Å². The van der Waals surface area contributed by atoms with Gasteiger partial charge >= 0.3 is 6.03 Å². The van der Waals surface area contributed by atoms with Gasteiger partial charge in [-0.05, 0) is 57.2 Å². The molecular weight excluding hydrogens is 383 g/mol. The molecular formula is C22H25FN6O. The highest BCUT2D eigenvalue weighted by Gasteiger charge is 2.31. The molecule has 0 radical (unpaired) electrons. The summed E-state index contributed by atoms with van der Waals surface area (Å²) in [6, 6.07) is 3.54. The van der Waals surface area contributed by atoms with Crippen LogP contribution in [0, 0.1) is 12.7 Å². The van der Waals surface area contributed by atoms with E-state index in [1.54, 1.807) is 27.9 Å². The van der Waals surface area contributed by atoms with Crippen LogP contribution in [0.1, 0.15) is 42.5 Å². The summed E-state index contributed by atoms with van der Waals surface area (Å²) < 4.78 is 16.2. The zero-order valence-electron chi connectivity index (χ0n) is 17.2. The van der Waals surface area contributed by atoms with Gasteiger partial charge in [-0.25, -0.2) is 19.2 Å². The molecule has 0 spiro atoms. The molecule has 1 saturated heterocycles. The molecule has 0 bridgehead atoms. The molecule has 30 heavy (non-hydrogen) atoms. The number of nitrogens with zero attached hydrogens (tertiary/aromatic N) is 4. The Hall–Kier alpha value is -3.00. The van der Waals surface area contributed by atoms with Crippen molar-refractivity contribution < 1.29 is 9.18 Å². The molecule has 1 unspecified atom stereocenters. The van der Waals surface area contributed by atoms with Gasteiger partial charge < -0.3 is 15.0 Å². The second kappa shape index (κ2) is 7.36. The first-order valence-corrected chi connectivity index (χ1v) is 10.4. The minimum absolute atomic E-state index is 0.127. The number of halogens is 1. The van der Waals surface area contributed by atoms with Crippen LogP contribution < -0.4 is 15.5 Å². The molecule has 8 heteroatoms. The second-order valence-corrected chi connectivity index (χ2v) is 8.29. The number of carbonyl (C=O) groups excluding carboxylic acids is 1. The van der Waals surface area contributed by atoms with Crippen LogP contribution in [0.2, 0.25) is 0 Å². The van der Waals surface area contributed by atoms with Gasteiger partial charge in [0, 0.05) is 42.8 Å². The summed E-state index contributed by atoms with van der Waals surface area (Å²) in [6.07, 6.45) is 8.07. The largest absolute Gasteiger partial charge is 0.327 e. The first kappa shape index (κ1) is 19.0. The lowest BCUT2D eigenvalue weighted by atomic mass is 9.84. The molecule has 3 aromatic rings. The predicted molar refractivity (Wildman–Crippen MR) is 114 cm³/mol. The van der Waals surface area contributed by atoms with Crippen LogP contribution in [0.25, 0.3) is 5.65 Å². The van der Waals surface area contributed by atoms with Crippen molar-refractivity contribution in [1.82, 2.24) is 19.7 Å². The molecule has 3 aromatic heterocycles. The highest BCUT2D eigenvalue weighted by atomic mass is 19.1. The molecule has 5 heterocycles. The van der Waals surface area contributed by atoms with Gasteiger partial charge in [0.1, 0.15) is 11.5 Å². The van der Waals surface area contributed by atoms with Crippen molar-refractivity contribution in [3.8, 4) is 0 Å². The van der Waals surface area contributed by atoms with E-state index in [-0.39, 0.29) is 11.7 Å². The average Bonchev–Trinajstić information content (AvgIpc) is 3.30. The summed E-state index contributed by atoms with van der Waals surface area (Å²) in [5.74, 6) is 0.660. The Morgan fingerprint density at radius 3 is 3.07 bits per heavy atom. The van der Waals surface area contributed by atoms with E-state index in [9.17, 15) is 9.18 Å². The lowest BCUT2D eigenvalue weighted by molar-refractivity contribution is 0.257. The molecule has 1 fully saturated rings. The van der Waals surface area contributed by atoms with Gasteiger partial charge in [0.2, 0.25) is 0 Å². The van der Waals surface area contributed by atoms with Crippen molar-refractivity contribution >= 4 is 23.2 Å². The molecule has 0 saturated carbocycles. The number of fused-ring (bicyclic) bond motifs is 2. The van der Waals surface area contributed by atoms with Crippen molar-refractivity contribution in [3.63, 3.8) is 0 Å².